The topological polar surface area (TPSA) is 75.7 Å². The molecule has 8 heteroatoms. The van der Waals surface area contributed by atoms with Crippen LogP contribution < -0.4 is 14.4 Å². The number of nitrogens with one attached hydrogen (secondary N) is 1. The number of hydrogen-bond acceptors (Lipinski definition) is 4. The van der Waals surface area contributed by atoms with Gasteiger partial charge in [-0.05, 0) is 55.2 Å². The number of anilines is 1. The van der Waals surface area contributed by atoms with Gasteiger partial charge in [-0.3, -0.25) is 9.10 Å². The van der Waals surface area contributed by atoms with Crippen LogP contribution in [0.1, 0.15) is 37.3 Å². The fourth-order valence-electron chi connectivity index (χ4n) is 3.10. The molecule has 0 radical (unpaired) electrons. The fraction of sp³-hybridized carbons (Fsp3) is 0.435. The van der Waals surface area contributed by atoms with Gasteiger partial charge in [-0.1, -0.05) is 43.1 Å². The van der Waals surface area contributed by atoms with Gasteiger partial charge in [0.25, 0.3) is 0 Å². The summed E-state index contributed by atoms with van der Waals surface area (Å²) in [6.07, 6.45) is 3.91. The molecule has 0 saturated carbocycles. The third kappa shape index (κ3) is 8.42. The Kier molecular flexibility index (Phi) is 9.65. The standard InChI is InChI=1S/C23H31ClN2O4S/c1-4-6-19-9-12-21(13-10-19)30-16-14-25-23(27)7-5-15-26(31(3,28)29)20-11-8-18(2)22(24)17-20/h8-13,17H,4-7,14-16H2,1-3H3,(H,25,27). The number of benzene rings is 2. The van der Waals surface area contributed by atoms with Crippen LogP contribution in [0.4, 0.5) is 5.69 Å². The van der Waals surface area contributed by atoms with E-state index in [1.54, 1.807) is 18.2 Å². The van der Waals surface area contributed by atoms with Gasteiger partial charge in [-0.15, -0.1) is 0 Å². The first-order valence-corrected chi connectivity index (χ1v) is 12.7. The summed E-state index contributed by atoms with van der Waals surface area (Å²) in [5.41, 5.74) is 2.65. The lowest BCUT2D eigenvalue weighted by Gasteiger charge is -2.23. The van der Waals surface area contributed by atoms with E-state index in [4.69, 9.17) is 16.3 Å². The van der Waals surface area contributed by atoms with Crippen molar-refractivity contribution in [1.82, 2.24) is 5.32 Å². The van der Waals surface area contributed by atoms with E-state index in [0.29, 0.717) is 30.3 Å². The highest BCUT2D eigenvalue weighted by atomic mass is 35.5. The van der Waals surface area contributed by atoms with Crippen LogP contribution in [0.3, 0.4) is 0 Å². The summed E-state index contributed by atoms with van der Waals surface area (Å²) in [4.78, 5) is 12.1. The van der Waals surface area contributed by atoms with Gasteiger partial charge in [0.2, 0.25) is 15.9 Å². The predicted molar refractivity (Wildman–Crippen MR) is 127 cm³/mol. The molecule has 1 N–H and O–H groups in total. The highest BCUT2D eigenvalue weighted by Gasteiger charge is 2.18. The molecule has 2 aromatic rings. The zero-order valence-electron chi connectivity index (χ0n) is 18.4. The maximum Gasteiger partial charge on any atom is 0.232 e. The molecule has 0 heterocycles. The van der Waals surface area contributed by atoms with Crippen LogP contribution in [0, 0.1) is 6.92 Å². The second-order valence-electron chi connectivity index (χ2n) is 7.46. The minimum Gasteiger partial charge on any atom is -0.492 e. The molecule has 0 atom stereocenters. The molecule has 6 nitrogen and oxygen atoms in total. The molecule has 0 aliphatic rings. The highest BCUT2D eigenvalue weighted by Crippen LogP contribution is 2.25. The van der Waals surface area contributed by atoms with Crippen LogP contribution in [0.15, 0.2) is 42.5 Å². The summed E-state index contributed by atoms with van der Waals surface area (Å²) >= 11 is 6.13. The van der Waals surface area contributed by atoms with Gasteiger partial charge in [0.1, 0.15) is 12.4 Å². The average Bonchev–Trinajstić information content (AvgIpc) is 2.71. The maximum atomic E-state index is 12.2. The molecule has 1 amide bonds. The Hall–Kier alpha value is -2.25. The Balaban J connectivity index is 1.74. The van der Waals surface area contributed by atoms with E-state index in [1.807, 2.05) is 31.2 Å². The predicted octanol–water partition coefficient (Wildman–Crippen LogP) is 4.34. The van der Waals surface area contributed by atoms with E-state index in [9.17, 15) is 13.2 Å². The van der Waals surface area contributed by atoms with Crippen molar-refractivity contribution in [3.05, 3.63) is 58.6 Å². The molecule has 0 aliphatic heterocycles. The van der Waals surface area contributed by atoms with Gasteiger partial charge in [0.15, 0.2) is 0 Å². The first kappa shape index (κ1) is 25.0. The van der Waals surface area contributed by atoms with Crippen molar-refractivity contribution in [1.29, 1.82) is 0 Å². The van der Waals surface area contributed by atoms with Crippen molar-refractivity contribution in [3.8, 4) is 5.75 Å². The number of halogens is 1. The third-order valence-electron chi connectivity index (χ3n) is 4.76. The number of carbonyl (C=O) groups excluding carboxylic acids is 1. The van der Waals surface area contributed by atoms with E-state index in [1.165, 1.54) is 9.87 Å². The Bertz CT molecular complexity index is 962. The molecule has 31 heavy (non-hydrogen) atoms. The monoisotopic (exact) mass is 466 g/mol. The third-order valence-corrected chi connectivity index (χ3v) is 6.37. The number of aryl methyl sites for hydroxylation is 2. The summed E-state index contributed by atoms with van der Waals surface area (Å²) in [7, 11) is -3.48. The van der Waals surface area contributed by atoms with Crippen LogP contribution in [0.5, 0.6) is 5.75 Å². The number of hydrogen-bond donors (Lipinski definition) is 1. The van der Waals surface area contributed by atoms with Crippen molar-refractivity contribution >= 4 is 33.2 Å². The molecule has 0 saturated heterocycles. The van der Waals surface area contributed by atoms with E-state index in [2.05, 4.69) is 12.2 Å². The molecule has 0 spiro atoms. The van der Waals surface area contributed by atoms with Crippen molar-refractivity contribution in [2.24, 2.45) is 0 Å². The molecule has 0 fully saturated rings. The number of ether oxygens (including phenoxy) is 1. The van der Waals surface area contributed by atoms with Gasteiger partial charge in [0.05, 0.1) is 18.5 Å². The average molecular weight is 467 g/mol. The molecule has 0 aliphatic carbocycles. The molecular weight excluding hydrogens is 436 g/mol. The summed E-state index contributed by atoms with van der Waals surface area (Å²) in [6.45, 7) is 4.96. The van der Waals surface area contributed by atoms with Crippen LogP contribution in [-0.4, -0.2) is 40.3 Å². The van der Waals surface area contributed by atoms with E-state index in [0.717, 1.165) is 30.4 Å². The Morgan fingerprint density at radius 1 is 1.16 bits per heavy atom. The SMILES string of the molecule is CCCc1ccc(OCCNC(=O)CCCN(c2ccc(C)c(Cl)c2)S(C)(=O)=O)cc1. The molecule has 0 aromatic heterocycles. The zero-order valence-corrected chi connectivity index (χ0v) is 19.9. The normalized spacial score (nSPS) is 11.2. The molecule has 2 aromatic carbocycles. The lowest BCUT2D eigenvalue weighted by molar-refractivity contribution is -0.121. The van der Waals surface area contributed by atoms with Gasteiger partial charge in [-0.2, -0.15) is 0 Å². The van der Waals surface area contributed by atoms with Crippen molar-refractivity contribution in [3.63, 3.8) is 0 Å². The van der Waals surface area contributed by atoms with Crippen molar-refractivity contribution in [2.45, 2.75) is 39.5 Å². The van der Waals surface area contributed by atoms with Gasteiger partial charge >= 0.3 is 0 Å². The Morgan fingerprint density at radius 3 is 2.48 bits per heavy atom. The smallest absolute Gasteiger partial charge is 0.232 e. The number of sulfonamides is 1. The summed E-state index contributed by atoms with van der Waals surface area (Å²) in [5.74, 6) is 0.631. The molecule has 170 valence electrons. The molecule has 2 rings (SSSR count). The highest BCUT2D eigenvalue weighted by molar-refractivity contribution is 7.92. The fourth-order valence-corrected chi connectivity index (χ4v) is 4.23. The quantitative estimate of drug-likeness (QED) is 0.472. The van der Waals surface area contributed by atoms with Crippen LogP contribution in [-0.2, 0) is 21.2 Å². The Morgan fingerprint density at radius 2 is 1.87 bits per heavy atom. The van der Waals surface area contributed by atoms with Gasteiger partial charge in [0, 0.05) is 18.0 Å². The summed E-state index contributed by atoms with van der Waals surface area (Å²) in [5, 5.41) is 3.30. The molecular formula is C23H31ClN2O4S. The number of carbonyl (C=O) groups is 1. The first-order valence-electron chi connectivity index (χ1n) is 10.4. The Labute approximate surface area is 190 Å². The number of amides is 1. The van der Waals surface area contributed by atoms with Crippen LogP contribution in [0.25, 0.3) is 0 Å². The van der Waals surface area contributed by atoms with Crippen LogP contribution >= 0.6 is 11.6 Å². The van der Waals surface area contributed by atoms with Crippen molar-refractivity contribution in [2.75, 3.05) is 30.3 Å². The van der Waals surface area contributed by atoms with E-state index in [-0.39, 0.29) is 18.9 Å². The zero-order chi connectivity index (χ0) is 22.9. The lowest BCUT2D eigenvalue weighted by Crippen LogP contribution is -2.33. The van der Waals surface area contributed by atoms with E-state index >= 15 is 0 Å². The van der Waals surface area contributed by atoms with Gasteiger partial charge in [-0.25, -0.2) is 8.42 Å². The summed E-state index contributed by atoms with van der Waals surface area (Å²) < 4.78 is 31.3. The van der Waals surface area contributed by atoms with E-state index < -0.39 is 10.0 Å². The molecule has 0 unspecified atom stereocenters. The number of rotatable bonds is 12. The minimum atomic E-state index is -3.48. The second-order valence-corrected chi connectivity index (χ2v) is 9.78. The molecule has 0 bridgehead atoms. The number of nitrogens with zero attached hydrogens (tertiary/aromatic N) is 1. The first-order chi connectivity index (χ1) is 14.7. The lowest BCUT2D eigenvalue weighted by atomic mass is 10.1. The van der Waals surface area contributed by atoms with Crippen LogP contribution in [0.2, 0.25) is 5.02 Å². The minimum absolute atomic E-state index is 0.141. The van der Waals surface area contributed by atoms with Gasteiger partial charge < -0.3 is 10.1 Å². The summed E-state index contributed by atoms with van der Waals surface area (Å²) in [6, 6.07) is 13.1. The maximum absolute atomic E-state index is 12.2. The second kappa shape index (κ2) is 12.0. The largest absolute Gasteiger partial charge is 0.492 e. The van der Waals surface area contributed by atoms with Crippen molar-refractivity contribution < 1.29 is 17.9 Å².